The van der Waals surface area contributed by atoms with Crippen molar-refractivity contribution < 1.29 is 14.3 Å². The molecule has 4 nitrogen and oxygen atoms in total. The van der Waals surface area contributed by atoms with Crippen LogP contribution in [0.1, 0.15) is 6.92 Å². The van der Waals surface area contributed by atoms with Crippen molar-refractivity contribution in [3.8, 4) is 0 Å². The first-order chi connectivity index (χ1) is 5.22. The maximum atomic E-state index is 10.1. The van der Waals surface area contributed by atoms with Gasteiger partial charge in [0.15, 0.2) is 0 Å². The van der Waals surface area contributed by atoms with Gasteiger partial charge in [0, 0.05) is 0 Å². The van der Waals surface area contributed by atoms with Crippen molar-refractivity contribution in [2.75, 3.05) is 11.9 Å². The van der Waals surface area contributed by atoms with Crippen LogP contribution >= 0.6 is 23.2 Å². The average Bonchev–Trinajstić information content (AvgIpc) is 1.90. The van der Waals surface area contributed by atoms with E-state index in [9.17, 15) is 4.79 Å². The molecule has 0 aliphatic carbocycles. The Morgan fingerprint density at radius 2 is 2.18 bits per heavy atom. The van der Waals surface area contributed by atoms with E-state index in [1.165, 1.54) is 0 Å². The minimum Gasteiger partial charge on any atom is -0.458 e. The maximum Gasteiger partial charge on any atom is 0.413 e. The number of hydrogen-bond donors (Lipinski definition) is 0. The molecule has 0 aliphatic heterocycles. The number of hydrogen-bond acceptors (Lipinski definition) is 2. The summed E-state index contributed by atoms with van der Waals surface area (Å²) in [5.74, 6) is -0.630. The van der Waals surface area contributed by atoms with E-state index in [4.69, 9.17) is 28.7 Å². The van der Waals surface area contributed by atoms with Crippen LogP contribution in [-0.4, -0.2) is 28.9 Å². The molecule has 0 bridgehead atoms. The largest absolute Gasteiger partial charge is 0.458 e. The van der Waals surface area contributed by atoms with Crippen LogP contribution in [0.3, 0.4) is 0 Å². The predicted octanol–water partition coefficient (Wildman–Crippen LogP) is 1.27. The minimum atomic E-state index is -0.630. The fourth-order valence-electron chi connectivity index (χ4n) is 0.227. The standard InChI is InChI=1S/C4H6N2O2.CH2Cl2/c1-2-8-4(7)3-6-5;2-1-3/h3H,2H2,1H3;1H2. The molecule has 0 N–H and O–H groups in total. The highest BCUT2D eigenvalue weighted by Gasteiger charge is 1.97. The van der Waals surface area contributed by atoms with Crippen molar-refractivity contribution in [2.24, 2.45) is 0 Å². The van der Waals surface area contributed by atoms with Gasteiger partial charge in [-0.3, -0.25) is 0 Å². The number of ether oxygens (including phenoxy) is 1. The van der Waals surface area contributed by atoms with E-state index in [1.54, 1.807) is 6.92 Å². The molecule has 0 spiro atoms. The topological polar surface area (TPSA) is 62.7 Å². The summed E-state index contributed by atoms with van der Waals surface area (Å²) in [6.45, 7) is 1.97. The highest BCUT2D eigenvalue weighted by atomic mass is 35.5. The van der Waals surface area contributed by atoms with Crippen molar-refractivity contribution in [2.45, 2.75) is 6.92 Å². The fourth-order valence-corrected chi connectivity index (χ4v) is 0.227. The van der Waals surface area contributed by atoms with Crippen LogP contribution in [0.4, 0.5) is 0 Å². The molecule has 0 atom stereocenters. The third-order valence-corrected chi connectivity index (χ3v) is 0.450. The van der Waals surface area contributed by atoms with E-state index in [0.717, 1.165) is 0 Å². The van der Waals surface area contributed by atoms with Gasteiger partial charge >= 0.3 is 12.2 Å². The summed E-state index contributed by atoms with van der Waals surface area (Å²) in [6, 6.07) is 0. The predicted molar refractivity (Wildman–Crippen MR) is 42.9 cm³/mol. The zero-order chi connectivity index (χ0) is 9.11. The van der Waals surface area contributed by atoms with Gasteiger partial charge in [0.1, 0.15) is 0 Å². The van der Waals surface area contributed by atoms with Gasteiger partial charge in [0.25, 0.3) is 0 Å². The van der Waals surface area contributed by atoms with Crippen molar-refractivity contribution in [1.29, 1.82) is 0 Å². The Labute approximate surface area is 74.7 Å². The van der Waals surface area contributed by atoms with Crippen LogP contribution in [0.5, 0.6) is 0 Å². The molecule has 0 heterocycles. The van der Waals surface area contributed by atoms with Gasteiger partial charge in [-0.1, -0.05) is 0 Å². The van der Waals surface area contributed by atoms with Gasteiger partial charge in [-0.25, -0.2) is 4.79 Å². The molecule has 0 radical (unpaired) electrons. The van der Waals surface area contributed by atoms with Crippen molar-refractivity contribution in [1.82, 2.24) is 0 Å². The molecule has 6 heteroatoms. The summed E-state index contributed by atoms with van der Waals surface area (Å²) in [7, 11) is 0. The van der Waals surface area contributed by atoms with Crippen molar-refractivity contribution in [3.63, 3.8) is 0 Å². The molecule has 0 aromatic rings. The number of halogens is 2. The Morgan fingerprint density at radius 3 is 2.45 bits per heavy atom. The van der Waals surface area contributed by atoms with Gasteiger partial charge in [-0.05, 0) is 6.92 Å². The SMILES string of the molecule is CCOC(=O)C=[N+]=[N-].ClCCl. The molecule has 0 saturated heterocycles. The molecule has 0 aliphatic rings. The number of carbonyl (C=O) groups excluding carboxylic acids is 1. The molecular formula is C5H8Cl2N2O2. The Balaban J connectivity index is 0. The molecule has 0 unspecified atom stereocenters. The number of rotatable bonds is 2. The Hall–Kier alpha value is -0.570. The van der Waals surface area contributed by atoms with Crippen molar-refractivity contribution in [3.05, 3.63) is 5.53 Å². The first-order valence-corrected chi connectivity index (χ1v) is 3.75. The lowest BCUT2D eigenvalue weighted by molar-refractivity contribution is -0.138. The first-order valence-electron chi connectivity index (χ1n) is 2.69. The summed E-state index contributed by atoms with van der Waals surface area (Å²) in [5.41, 5.74) is 7.73. The zero-order valence-electron chi connectivity index (χ0n) is 5.96. The highest BCUT2D eigenvalue weighted by molar-refractivity contribution is 6.40. The number of esters is 1. The van der Waals surface area contributed by atoms with Crippen LogP contribution in [0.2, 0.25) is 0 Å². The molecule has 0 amide bonds. The van der Waals surface area contributed by atoms with Crippen LogP contribution in [-0.2, 0) is 9.53 Å². The van der Waals surface area contributed by atoms with E-state index in [0.29, 0.717) is 12.8 Å². The lowest BCUT2D eigenvalue weighted by Crippen LogP contribution is -2.04. The lowest BCUT2D eigenvalue weighted by Gasteiger charge is -1.86. The van der Waals surface area contributed by atoms with Crippen LogP contribution in [0, 0.1) is 0 Å². The second kappa shape index (κ2) is 12.1. The third kappa shape index (κ3) is 17.7. The first kappa shape index (κ1) is 13.1. The third-order valence-electron chi connectivity index (χ3n) is 0.450. The monoisotopic (exact) mass is 198 g/mol. The summed E-state index contributed by atoms with van der Waals surface area (Å²) >= 11 is 9.53. The molecule has 0 aromatic heterocycles. The lowest BCUT2D eigenvalue weighted by atomic mass is 10.7. The van der Waals surface area contributed by atoms with Gasteiger partial charge in [0.2, 0.25) is 0 Å². The normalized spacial score (nSPS) is 6.82. The number of carbonyl (C=O) groups is 1. The maximum absolute atomic E-state index is 10.1. The zero-order valence-corrected chi connectivity index (χ0v) is 7.47. The second-order valence-electron chi connectivity index (χ2n) is 1.10. The summed E-state index contributed by atoms with van der Waals surface area (Å²) in [6.07, 6.45) is 0.698. The van der Waals surface area contributed by atoms with E-state index in [2.05, 4.69) is 9.53 Å². The van der Waals surface area contributed by atoms with E-state index in [-0.39, 0.29) is 5.34 Å². The molecule has 0 aromatic carbocycles. The smallest absolute Gasteiger partial charge is 0.413 e. The quantitative estimate of drug-likeness (QED) is 0.221. The summed E-state index contributed by atoms with van der Waals surface area (Å²) < 4.78 is 4.33. The molecule has 11 heavy (non-hydrogen) atoms. The van der Waals surface area contributed by atoms with Crippen molar-refractivity contribution >= 4 is 35.4 Å². The average molecular weight is 199 g/mol. The molecule has 64 valence electrons. The van der Waals surface area contributed by atoms with Crippen LogP contribution in [0.25, 0.3) is 5.53 Å². The molecule has 0 fully saturated rings. The van der Waals surface area contributed by atoms with E-state index in [1.807, 2.05) is 0 Å². The Kier molecular flexibility index (Phi) is 14.4. The number of nitrogens with zero attached hydrogens (tertiary/aromatic N) is 2. The van der Waals surface area contributed by atoms with Crippen LogP contribution in [0.15, 0.2) is 0 Å². The molecule has 0 rings (SSSR count). The van der Waals surface area contributed by atoms with E-state index >= 15 is 0 Å². The summed E-state index contributed by atoms with van der Waals surface area (Å²) in [5, 5.41) is 0.194. The number of alkyl halides is 2. The second-order valence-corrected chi connectivity index (χ2v) is 1.91. The Morgan fingerprint density at radius 1 is 1.73 bits per heavy atom. The molecular weight excluding hydrogens is 191 g/mol. The van der Waals surface area contributed by atoms with Gasteiger partial charge in [-0.2, -0.15) is 4.79 Å². The minimum absolute atomic E-state index is 0.194. The van der Waals surface area contributed by atoms with Gasteiger partial charge < -0.3 is 10.3 Å². The van der Waals surface area contributed by atoms with Crippen LogP contribution < -0.4 is 0 Å². The highest BCUT2D eigenvalue weighted by Crippen LogP contribution is 1.73. The van der Waals surface area contributed by atoms with Gasteiger partial charge in [0.05, 0.1) is 11.9 Å². The summed E-state index contributed by atoms with van der Waals surface area (Å²) in [4.78, 5) is 12.6. The Bertz CT molecular complexity index is 145. The molecule has 0 saturated carbocycles. The fraction of sp³-hybridized carbons (Fsp3) is 0.600. The van der Waals surface area contributed by atoms with E-state index < -0.39 is 5.97 Å². The van der Waals surface area contributed by atoms with Gasteiger partial charge in [-0.15, -0.1) is 23.2 Å².